The summed E-state index contributed by atoms with van der Waals surface area (Å²) < 4.78 is 46.1. The summed E-state index contributed by atoms with van der Waals surface area (Å²) in [6.45, 7) is 3.31. The summed E-state index contributed by atoms with van der Waals surface area (Å²) >= 11 is 0. The molecule has 0 aliphatic heterocycles. The van der Waals surface area contributed by atoms with Crippen molar-refractivity contribution in [3.8, 4) is 11.5 Å². The van der Waals surface area contributed by atoms with Crippen molar-refractivity contribution in [3.05, 3.63) is 75.1 Å². The van der Waals surface area contributed by atoms with E-state index in [4.69, 9.17) is 4.74 Å². The van der Waals surface area contributed by atoms with Crippen molar-refractivity contribution in [1.29, 1.82) is 0 Å². The van der Waals surface area contributed by atoms with Gasteiger partial charge in [-0.15, -0.1) is 0 Å². The van der Waals surface area contributed by atoms with Gasteiger partial charge in [-0.2, -0.15) is 18.3 Å². The molecule has 0 bridgehead atoms. The average Bonchev–Trinajstić information content (AvgIpc) is 3.46. The van der Waals surface area contributed by atoms with Gasteiger partial charge in [-0.25, -0.2) is 0 Å². The number of ether oxygens (including phenoxy) is 1. The zero-order chi connectivity index (χ0) is 24.6. The lowest BCUT2D eigenvalue weighted by molar-refractivity contribution is -0.384. The quantitative estimate of drug-likeness (QED) is 0.348. The number of rotatable bonds is 7. The molecule has 1 aromatic heterocycles. The van der Waals surface area contributed by atoms with Crippen LogP contribution in [0.25, 0.3) is 0 Å². The van der Waals surface area contributed by atoms with E-state index in [1.54, 1.807) is 12.1 Å². The van der Waals surface area contributed by atoms with Gasteiger partial charge in [-0.3, -0.25) is 19.6 Å². The Hall–Kier alpha value is -3.89. The third-order valence-electron chi connectivity index (χ3n) is 5.21. The number of anilines is 1. The second kappa shape index (κ2) is 8.81. The number of benzene rings is 2. The third kappa shape index (κ3) is 5.53. The number of nitro benzene ring substituents is 1. The summed E-state index contributed by atoms with van der Waals surface area (Å²) in [5.41, 5.74) is 0.946. The van der Waals surface area contributed by atoms with E-state index in [1.165, 1.54) is 12.1 Å². The summed E-state index contributed by atoms with van der Waals surface area (Å²) in [4.78, 5) is 23.4. The first-order valence-electron chi connectivity index (χ1n) is 10.5. The fourth-order valence-electron chi connectivity index (χ4n) is 3.69. The lowest BCUT2D eigenvalue weighted by atomic mass is 10.1. The maximum absolute atomic E-state index is 13.1. The van der Waals surface area contributed by atoms with Crippen LogP contribution in [0, 0.1) is 24.0 Å². The van der Waals surface area contributed by atoms with Gasteiger partial charge in [0.15, 0.2) is 5.69 Å². The number of nitrogens with one attached hydrogen (secondary N) is 1. The molecule has 0 saturated heterocycles. The smallest absolute Gasteiger partial charge is 0.435 e. The first kappa shape index (κ1) is 23.3. The van der Waals surface area contributed by atoms with E-state index in [1.807, 2.05) is 19.9 Å². The molecule has 0 spiro atoms. The molecule has 178 valence electrons. The summed E-state index contributed by atoms with van der Waals surface area (Å²) in [6, 6.07) is 10.2. The molecular weight excluding hydrogens is 453 g/mol. The second-order valence-corrected chi connectivity index (χ2v) is 8.33. The fourth-order valence-corrected chi connectivity index (χ4v) is 3.69. The highest BCUT2D eigenvalue weighted by molar-refractivity contribution is 5.91. The predicted molar refractivity (Wildman–Crippen MR) is 117 cm³/mol. The lowest BCUT2D eigenvalue weighted by Gasteiger charge is -2.11. The molecule has 1 saturated carbocycles. The zero-order valence-electron chi connectivity index (χ0n) is 18.3. The van der Waals surface area contributed by atoms with Crippen LogP contribution in [0.2, 0.25) is 0 Å². The van der Waals surface area contributed by atoms with Gasteiger partial charge >= 0.3 is 6.18 Å². The number of hydrogen-bond acceptors (Lipinski definition) is 5. The van der Waals surface area contributed by atoms with Crippen molar-refractivity contribution in [2.45, 2.75) is 45.3 Å². The normalized spacial score (nSPS) is 13.6. The number of carbonyl (C=O) groups excluding carboxylic acids is 1. The number of hydrogen-bond donors (Lipinski definition) is 1. The summed E-state index contributed by atoms with van der Waals surface area (Å²) in [5.74, 6) is -0.129. The summed E-state index contributed by atoms with van der Waals surface area (Å²) in [6.07, 6.45) is -3.16. The Labute approximate surface area is 192 Å². The van der Waals surface area contributed by atoms with Crippen LogP contribution in [0.1, 0.15) is 41.3 Å². The van der Waals surface area contributed by atoms with Crippen molar-refractivity contribution in [2.24, 2.45) is 0 Å². The maximum Gasteiger partial charge on any atom is 0.435 e. The molecule has 4 rings (SSSR count). The molecule has 0 unspecified atom stereocenters. The highest BCUT2D eigenvalue weighted by atomic mass is 19.4. The van der Waals surface area contributed by atoms with E-state index in [2.05, 4.69) is 10.4 Å². The van der Waals surface area contributed by atoms with Crippen molar-refractivity contribution in [3.63, 3.8) is 0 Å². The Balaban J connectivity index is 1.56. The van der Waals surface area contributed by atoms with Crippen LogP contribution in [0.4, 0.5) is 24.5 Å². The minimum atomic E-state index is -4.62. The van der Waals surface area contributed by atoms with Crippen LogP contribution in [0.15, 0.2) is 42.5 Å². The summed E-state index contributed by atoms with van der Waals surface area (Å²) in [5, 5.41) is 17.4. The molecule has 1 heterocycles. The van der Waals surface area contributed by atoms with E-state index < -0.39 is 29.2 Å². The molecule has 1 aliphatic carbocycles. The van der Waals surface area contributed by atoms with Gasteiger partial charge < -0.3 is 10.1 Å². The minimum Gasteiger partial charge on any atom is -0.457 e. The van der Waals surface area contributed by atoms with Gasteiger partial charge in [-0.1, -0.05) is 6.07 Å². The SMILES string of the molecule is Cc1cc(C)cc(Oc2cc(NC(=O)Cn3nc(C(F)(F)F)cc3C3CC3)cc([N+](=O)[O-])c2)c1. The van der Waals surface area contributed by atoms with Crippen LogP contribution in [0.5, 0.6) is 11.5 Å². The molecule has 2 aromatic carbocycles. The van der Waals surface area contributed by atoms with E-state index in [0.717, 1.165) is 40.8 Å². The first-order valence-corrected chi connectivity index (χ1v) is 10.5. The van der Waals surface area contributed by atoms with Crippen LogP contribution in [0.3, 0.4) is 0 Å². The van der Waals surface area contributed by atoms with Gasteiger partial charge in [0.1, 0.15) is 18.0 Å². The number of halogens is 3. The van der Waals surface area contributed by atoms with Crippen molar-refractivity contribution in [1.82, 2.24) is 9.78 Å². The van der Waals surface area contributed by atoms with Crippen molar-refractivity contribution in [2.75, 3.05) is 5.32 Å². The number of aryl methyl sites for hydroxylation is 2. The van der Waals surface area contributed by atoms with Gasteiger partial charge in [-0.05, 0) is 56.0 Å². The van der Waals surface area contributed by atoms with E-state index >= 15 is 0 Å². The standard InChI is InChI=1S/C23H21F3N4O4/c1-13-5-14(2)7-18(6-13)34-19-9-16(8-17(10-19)30(32)33)27-22(31)12-29-20(15-3-4-15)11-21(28-29)23(24,25)26/h5-11,15H,3-4,12H2,1-2H3,(H,27,31). The fraction of sp³-hybridized carbons (Fsp3) is 0.304. The first-order chi connectivity index (χ1) is 16.0. The lowest BCUT2D eigenvalue weighted by Crippen LogP contribution is -2.21. The van der Waals surface area contributed by atoms with Gasteiger partial charge in [0.25, 0.3) is 5.69 Å². The van der Waals surface area contributed by atoms with Crippen LogP contribution in [-0.4, -0.2) is 20.6 Å². The second-order valence-electron chi connectivity index (χ2n) is 8.33. The largest absolute Gasteiger partial charge is 0.457 e. The molecule has 1 aliphatic rings. The van der Waals surface area contributed by atoms with E-state index in [9.17, 15) is 28.1 Å². The number of nitro groups is 1. The molecule has 1 amide bonds. The number of aromatic nitrogens is 2. The van der Waals surface area contributed by atoms with E-state index in [-0.39, 0.29) is 23.0 Å². The van der Waals surface area contributed by atoms with Crippen LogP contribution < -0.4 is 10.1 Å². The number of alkyl halides is 3. The monoisotopic (exact) mass is 474 g/mol. The Morgan fingerprint density at radius 2 is 1.76 bits per heavy atom. The minimum absolute atomic E-state index is 0.0630. The Bertz CT molecular complexity index is 1250. The average molecular weight is 474 g/mol. The van der Waals surface area contributed by atoms with Crippen LogP contribution in [-0.2, 0) is 17.5 Å². The third-order valence-corrected chi connectivity index (χ3v) is 5.21. The number of nitrogens with zero attached hydrogens (tertiary/aromatic N) is 3. The zero-order valence-corrected chi connectivity index (χ0v) is 18.3. The highest BCUT2D eigenvalue weighted by Crippen LogP contribution is 2.42. The molecule has 11 heteroatoms. The Kier molecular flexibility index (Phi) is 6.03. The van der Waals surface area contributed by atoms with E-state index in [0.29, 0.717) is 11.4 Å². The molecule has 3 aromatic rings. The molecule has 34 heavy (non-hydrogen) atoms. The molecule has 1 fully saturated rings. The molecule has 8 nitrogen and oxygen atoms in total. The highest BCUT2D eigenvalue weighted by Gasteiger charge is 2.38. The van der Waals surface area contributed by atoms with Crippen molar-refractivity contribution >= 4 is 17.3 Å². The molecular formula is C23H21F3N4O4. The Morgan fingerprint density at radius 3 is 2.35 bits per heavy atom. The number of amides is 1. The molecule has 0 radical (unpaired) electrons. The molecule has 1 N–H and O–H groups in total. The van der Waals surface area contributed by atoms with Gasteiger partial charge in [0.2, 0.25) is 5.91 Å². The number of carbonyl (C=O) groups is 1. The van der Waals surface area contributed by atoms with Crippen LogP contribution >= 0.6 is 0 Å². The summed E-state index contributed by atoms with van der Waals surface area (Å²) in [7, 11) is 0. The topological polar surface area (TPSA) is 99.3 Å². The maximum atomic E-state index is 13.1. The van der Waals surface area contributed by atoms with Gasteiger partial charge in [0.05, 0.1) is 16.7 Å². The predicted octanol–water partition coefficient (Wildman–Crippen LogP) is 5.74. The van der Waals surface area contributed by atoms with Gasteiger partial charge in [0, 0.05) is 23.7 Å². The number of non-ortho nitro benzene ring substituents is 1. The van der Waals surface area contributed by atoms with Crippen molar-refractivity contribution < 1.29 is 27.6 Å². The molecule has 0 atom stereocenters. The Morgan fingerprint density at radius 1 is 1.12 bits per heavy atom.